The number of nitrogens with zero attached hydrogens (tertiary/aromatic N) is 5. The highest BCUT2D eigenvalue weighted by atomic mass is 15.2. The fourth-order valence-electron chi connectivity index (χ4n) is 3.25. The van der Waals surface area contributed by atoms with Crippen molar-refractivity contribution in [3.63, 3.8) is 0 Å². The Bertz CT molecular complexity index is 1100. The molecule has 1 aromatic carbocycles. The molecule has 30 heavy (non-hydrogen) atoms. The van der Waals surface area contributed by atoms with Gasteiger partial charge in [-0.15, -0.1) is 0 Å². The molecule has 0 saturated heterocycles. The molecule has 0 aliphatic carbocycles. The molecule has 0 aliphatic rings. The summed E-state index contributed by atoms with van der Waals surface area (Å²) in [7, 11) is 0. The molecule has 3 heterocycles. The molecule has 0 fully saturated rings. The number of aromatic nitrogens is 5. The van der Waals surface area contributed by atoms with Gasteiger partial charge in [0.15, 0.2) is 17.0 Å². The van der Waals surface area contributed by atoms with Gasteiger partial charge in [0, 0.05) is 30.9 Å². The van der Waals surface area contributed by atoms with Crippen LogP contribution in [0, 0.1) is 0 Å². The summed E-state index contributed by atoms with van der Waals surface area (Å²) in [5, 5.41) is 6.75. The van der Waals surface area contributed by atoms with Crippen LogP contribution in [-0.2, 0) is 6.54 Å². The summed E-state index contributed by atoms with van der Waals surface area (Å²) in [5.41, 5.74) is 4.86. The number of anilines is 2. The lowest BCUT2D eigenvalue weighted by Crippen LogP contribution is -2.10. The predicted octanol–water partition coefficient (Wildman–Crippen LogP) is 4.90. The number of fused-ring (bicyclic) bond motifs is 1. The second-order valence-electron chi connectivity index (χ2n) is 7.51. The van der Waals surface area contributed by atoms with Gasteiger partial charge >= 0.3 is 0 Å². The van der Waals surface area contributed by atoms with Crippen LogP contribution in [0.2, 0.25) is 0 Å². The molecule has 0 spiro atoms. The average Bonchev–Trinajstić information content (AvgIpc) is 3.21. The molecule has 2 N–H and O–H groups in total. The van der Waals surface area contributed by atoms with Crippen LogP contribution in [0.1, 0.15) is 38.8 Å². The van der Waals surface area contributed by atoms with Gasteiger partial charge in [-0.2, -0.15) is 9.97 Å². The van der Waals surface area contributed by atoms with Crippen molar-refractivity contribution in [2.45, 2.75) is 39.8 Å². The SMILES string of the molecule is CCCNc1nc(NCc2ccc(-c3ccccn3)cc2)c2ncn(C(C)C)c2n1. The molecule has 0 bridgehead atoms. The van der Waals surface area contributed by atoms with Crippen molar-refractivity contribution in [2.75, 3.05) is 17.2 Å². The van der Waals surface area contributed by atoms with E-state index in [1.807, 2.05) is 30.7 Å². The Balaban J connectivity index is 1.57. The molecule has 7 heteroatoms. The molecule has 0 amide bonds. The summed E-state index contributed by atoms with van der Waals surface area (Å²) in [6.07, 6.45) is 4.66. The van der Waals surface area contributed by atoms with E-state index in [2.05, 4.69) is 80.2 Å². The quantitative estimate of drug-likeness (QED) is 0.437. The maximum atomic E-state index is 4.69. The van der Waals surface area contributed by atoms with Gasteiger partial charge in [-0.05, 0) is 38.0 Å². The third kappa shape index (κ3) is 4.25. The minimum absolute atomic E-state index is 0.274. The van der Waals surface area contributed by atoms with Crippen molar-refractivity contribution in [3.05, 3.63) is 60.6 Å². The normalized spacial score (nSPS) is 11.2. The Morgan fingerprint density at radius 3 is 2.50 bits per heavy atom. The van der Waals surface area contributed by atoms with E-state index in [0.717, 1.165) is 46.8 Å². The lowest BCUT2D eigenvalue weighted by atomic mass is 10.1. The van der Waals surface area contributed by atoms with Gasteiger partial charge in [-0.3, -0.25) is 4.98 Å². The van der Waals surface area contributed by atoms with Crippen molar-refractivity contribution < 1.29 is 0 Å². The van der Waals surface area contributed by atoms with Gasteiger partial charge in [0.25, 0.3) is 0 Å². The predicted molar refractivity (Wildman–Crippen MR) is 121 cm³/mol. The van der Waals surface area contributed by atoms with Crippen molar-refractivity contribution >= 4 is 22.9 Å². The van der Waals surface area contributed by atoms with Crippen LogP contribution in [0.25, 0.3) is 22.4 Å². The molecular weight excluding hydrogens is 374 g/mol. The van der Waals surface area contributed by atoms with E-state index in [9.17, 15) is 0 Å². The first-order chi connectivity index (χ1) is 14.7. The molecule has 0 aliphatic heterocycles. The molecule has 7 nitrogen and oxygen atoms in total. The van der Waals surface area contributed by atoms with Crippen LogP contribution in [0.15, 0.2) is 55.0 Å². The summed E-state index contributed by atoms with van der Waals surface area (Å²) in [5.74, 6) is 1.37. The Morgan fingerprint density at radius 2 is 1.80 bits per heavy atom. The third-order valence-electron chi connectivity index (χ3n) is 4.89. The maximum absolute atomic E-state index is 4.69. The van der Waals surface area contributed by atoms with Crippen molar-refractivity contribution in [1.82, 2.24) is 24.5 Å². The van der Waals surface area contributed by atoms with Crippen molar-refractivity contribution in [3.8, 4) is 11.3 Å². The molecule has 0 saturated carbocycles. The summed E-state index contributed by atoms with van der Waals surface area (Å²) in [4.78, 5) is 18.3. The van der Waals surface area contributed by atoms with Crippen LogP contribution < -0.4 is 10.6 Å². The number of benzene rings is 1. The molecule has 3 aromatic heterocycles. The summed E-state index contributed by atoms with van der Waals surface area (Å²) in [6.45, 7) is 7.85. The Labute approximate surface area is 176 Å². The van der Waals surface area contributed by atoms with Crippen molar-refractivity contribution in [2.24, 2.45) is 0 Å². The summed E-state index contributed by atoms with van der Waals surface area (Å²) in [6, 6.07) is 14.6. The van der Waals surface area contributed by atoms with Crippen LogP contribution in [0.3, 0.4) is 0 Å². The first kappa shape index (κ1) is 19.8. The highest BCUT2D eigenvalue weighted by molar-refractivity contribution is 5.84. The number of rotatable bonds is 8. The standard InChI is InChI=1S/C23H27N7/c1-4-12-25-23-28-21(20-22(29-23)30(15-27-20)16(2)3)26-14-17-8-10-18(11-9-17)19-7-5-6-13-24-19/h5-11,13,15-16H,4,12,14H2,1-3H3,(H2,25,26,28,29). The van der Waals surface area contributed by atoms with Gasteiger partial charge < -0.3 is 15.2 Å². The average molecular weight is 402 g/mol. The lowest BCUT2D eigenvalue weighted by Gasteiger charge is -2.12. The van der Waals surface area contributed by atoms with E-state index in [1.54, 1.807) is 0 Å². The Hall–Kier alpha value is -3.48. The fourth-order valence-corrected chi connectivity index (χ4v) is 3.25. The van der Waals surface area contributed by atoms with E-state index in [1.165, 1.54) is 0 Å². The van der Waals surface area contributed by atoms with Crippen LogP contribution in [0.5, 0.6) is 0 Å². The van der Waals surface area contributed by atoms with E-state index >= 15 is 0 Å². The van der Waals surface area contributed by atoms with Gasteiger partial charge in [0.2, 0.25) is 5.95 Å². The number of nitrogens with one attached hydrogen (secondary N) is 2. The highest BCUT2D eigenvalue weighted by Crippen LogP contribution is 2.24. The number of pyridine rings is 1. The summed E-state index contributed by atoms with van der Waals surface area (Å²) < 4.78 is 2.07. The molecule has 154 valence electrons. The number of imidazole rings is 1. The van der Waals surface area contributed by atoms with Gasteiger partial charge in [-0.25, -0.2) is 4.98 Å². The van der Waals surface area contributed by atoms with E-state index in [4.69, 9.17) is 0 Å². The van der Waals surface area contributed by atoms with Crippen LogP contribution >= 0.6 is 0 Å². The second kappa shape index (κ2) is 8.90. The van der Waals surface area contributed by atoms with Crippen LogP contribution in [0.4, 0.5) is 11.8 Å². The van der Waals surface area contributed by atoms with Gasteiger partial charge in [-0.1, -0.05) is 37.3 Å². The number of hydrogen-bond acceptors (Lipinski definition) is 6. The minimum Gasteiger partial charge on any atom is -0.364 e. The zero-order valence-electron chi connectivity index (χ0n) is 17.6. The Kier molecular flexibility index (Phi) is 5.88. The zero-order valence-corrected chi connectivity index (χ0v) is 17.6. The minimum atomic E-state index is 0.274. The zero-order chi connectivity index (χ0) is 20.9. The summed E-state index contributed by atoms with van der Waals surface area (Å²) >= 11 is 0. The first-order valence-electron chi connectivity index (χ1n) is 10.4. The number of hydrogen-bond donors (Lipinski definition) is 2. The smallest absolute Gasteiger partial charge is 0.226 e. The molecule has 4 aromatic rings. The molecule has 4 rings (SSSR count). The van der Waals surface area contributed by atoms with E-state index in [-0.39, 0.29) is 6.04 Å². The fraction of sp³-hybridized carbons (Fsp3) is 0.304. The van der Waals surface area contributed by atoms with Gasteiger partial charge in [0.1, 0.15) is 0 Å². The highest BCUT2D eigenvalue weighted by Gasteiger charge is 2.14. The first-order valence-corrected chi connectivity index (χ1v) is 10.4. The maximum Gasteiger partial charge on any atom is 0.226 e. The topological polar surface area (TPSA) is 80.5 Å². The molecule has 0 unspecified atom stereocenters. The monoisotopic (exact) mass is 401 g/mol. The second-order valence-corrected chi connectivity index (χ2v) is 7.51. The van der Waals surface area contributed by atoms with E-state index < -0.39 is 0 Å². The largest absolute Gasteiger partial charge is 0.364 e. The van der Waals surface area contributed by atoms with Crippen molar-refractivity contribution in [1.29, 1.82) is 0 Å². The molecular formula is C23H27N7. The lowest BCUT2D eigenvalue weighted by molar-refractivity contribution is 0.613. The molecule has 0 radical (unpaired) electrons. The van der Waals surface area contributed by atoms with E-state index in [0.29, 0.717) is 12.5 Å². The Morgan fingerprint density at radius 1 is 0.967 bits per heavy atom. The van der Waals surface area contributed by atoms with Crippen LogP contribution in [-0.4, -0.2) is 31.0 Å². The molecule has 0 atom stereocenters. The van der Waals surface area contributed by atoms with Gasteiger partial charge in [0.05, 0.1) is 12.0 Å². The third-order valence-corrected chi connectivity index (χ3v) is 4.89.